The largest absolute Gasteiger partial charge is 0.399 e. The number of oxime groups is 1. The van der Waals surface area contributed by atoms with E-state index < -0.39 is 0 Å². The number of piperidine rings is 2. The van der Waals surface area contributed by atoms with Gasteiger partial charge in [-0.05, 0) is 82.3 Å². The average Bonchev–Trinajstić information content (AvgIpc) is 2.94. The molecule has 4 rings (SSSR count). The minimum Gasteiger partial charge on any atom is -0.399 e. The summed E-state index contributed by atoms with van der Waals surface area (Å²) in [5.74, 6) is 0.123. The molecule has 0 radical (unpaired) electrons. The molecule has 0 bridgehead atoms. The third kappa shape index (κ3) is 8.24. The van der Waals surface area contributed by atoms with E-state index in [1.54, 1.807) is 11.9 Å². The topological polar surface area (TPSA) is 65.5 Å². The minimum atomic E-state index is -0.124. The molecule has 0 aliphatic carbocycles. The first kappa shape index (κ1) is 31.3. The van der Waals surface area contributed by atoms with Crippen molar-refractivity contribution in [2.24, 2.45) is 5.16 Å². The van der Waals surface area contributed by atoms with Gasteiger partial charge in [0.05, 0.1) is 22.3 Å². The second kappa shape index (κ2) is 14.5. The van der Waals surface area contributed by atoms with Gasteiger partial charge in [0.25, 0.3) is 5.91 Å². The molecule has 1 atom stereocenters. The highest BCUT2D eigenvalue weighted by Gasteiger charge is 2.30. The standard InChI is InChI=1S/C32H42Cl2N4O3/c1-22-17-23(2)19-25(18-22)32(40)36(3)21-30(35-41-4)27(24-8-9-28(33)29(34)20-24)12-16-37-14-10-26(11-15-37)38-13-6-5-7-31(38)39/h8-9,17-20,26-27H,5-7,10-16,21H2,1-4H3/b35-30-. The van der Waals surface area contributed by atoms with Gasteiger partial charge >= 0.3 is 0 Å². The molecule has 1 unspecified atom stereocenters. The molecule has 2 amide bonds. The molecule has 0 saturated carbocycles. The number of amides is 2. The molecule has 0 aromatic heterocycles. The molecule has 9 heteroatoms. The molecule has 41 heavy (non-hydrogen) atoms. The van der Waals surface area contributed by atoms with E-state index in [1.165, 1.54) is 7.11 Å². The van der Waals surface area contributed by atoms with Crippen molar-refractivity contribution in [1.82, 2.24) is 14.7 Å². The van der Waals surface area contributed by atoms with Gasteiger partial charge in [0, 0.05) is 50.6 Å². The van der Waals surface area contributed by atoms with Gasteiger partial charge < -0.3 is 19.5 Å². The molecule has 0 N–H and O–H groups in total. The van der Waals surface area contributed by atoms with Crippen LogP contribution in [0.25, 0.3) is 0 Å². The van der Waals surface area contributed by atoms with Gasteiger partial charge in [-0.2, -0.15) is 0 Å². The third-order valence-electron chi connectivity index (χ3n) is 8.26. The van der Waals surface area contributed by atoms with E-state index in [-0.39, 0.29) is 11.8 Å². The van der Waals surface area contributed by atoms with Gasteiger partial charge in [-0.15, -0.1) is 0 Å². The van der Waals surface area contributed by atoms with E-state index in [1.807, 2.05) is 44.2 Å². The fourth-order valence-corrected chi connectivity index (χ4v) is 6.49. The lowest BCUT2D eigenvalue weighted by molar-refractivity contribution is -0.136. The summed E-state index contributed by atoms with van der Waals surface area (Å²) < 4.78 is 0. The maximum atomic E-state index is 13.4. The van der Waals surface area contributed by atoms with Gasteiger partial charge in [-0.1, -0.05) is 51.6 Å². The summed E-state index contributed by atoms with van der Waals surface area (Å²) in [6, 6.07) is 11.9. The van der Waals surface area contributed by atoms with Crippen molar-refractivity contribution in [3.05, 3.63) is 68.7 Å². The maximum absolute atomic E-state index is 13.4. The summed E-state index contributed by atoms with van der Waals surface area (Å²) in [6.07, 6.45) is 5.58. The Morgan fingerprint density at radius 3 is 2.39 bits per heavy atom. The van der Waals surface area contributed by atoms with Gasteiger partial charge in [0.1, 0.15) is 7.11 Å². The van der Waals surface area contributed by atoms with Crippen molar-refractivity contribution in [1.29, 1.82) is 0 Å². The van der Waals surface area contributed by atoms with Gasteiger partial charge in [-0.3, -0.25) is 9.59 Å². The molecule has 2 heterocycles. The van der Waals surface area contributed by atoms with Crippen LogP contribution in [-0.4, -0.2) is 85.1 Å². The molecule has 2 aromatic rings. The molecule has 2 aliphatic rings. The van der Waals surface area contributed by atoms with Crippen LogP contribution in [-0.2, 0) is 9.63 Å². The summed E-state index contributed by atoms with van der Waals surface area (Å²) in [6.45, 7) is 7.94. The normalized spacial score (nSPS) is 18.0. The van der Waals surface area contributed by atoms with Gasteiger partial charge in [0.2, 0.25) is 5.91 Å². The van der Waals surface area contributed by atoms with E-state index in [0.29, 0.717) is 40.5 Å². The van der Waals surface area contributed by atoms with E-state index in [9.17, 15) is 9.59 Å². The molecule has 2 aromatic carbocycles. The maximum Gasteiger partial charge on any atom is 0.253 e. The van der Waals surface area contributed by atoms with Crippen LogP contribution in [0, 0.1) is 13.8 Å². The second-order valence-electron chi connectivity index (χ2n) is 11.4. The number of benzene rings is 2. The summed E-state index contributed by atoms with van der Waals surface area (Å²) in [5, 5.41) is 5.41. The average molecular weight is 602 g/mol. The summed E-state index contributed by atoms with van der Waals surface area (Å²) in [5.41, 5.74) is 4.49. The molecule has 0 spiro atoms. The fourth-order valence-electron chi connectivity index (χ4n) is 6.19. The van der Waals surface area contributed by atoms with Crippen LogP contribution in [0.5, 0.6) is 0 Å². The Kier molecular flexibility index (Phi) is 11.1. The van der Waals surface area contributed by atoms with Crippen LogP contribution in [0.3, 0.4) is 0 Å². The van der Waals surface area contributed by atoms with Crippen molar-refractivity contribution >= 4 is 40.7 Å². The number of carbonyl (C=O) groups is 2. The van der Waals surface area contributed by atoms with E-state index in [4.69, 9.17) is 28.0 Å². The Labute approximate surface area is 254 Å². The zero-order valence-electron chi connectivity index (χ0n) is 24.7. The number of carbonyl (C=O) groups excluding carboxylic acids is 2. The fraction of sp³-hybridized carbons (Fsp3) is 0.531. The molecule has 2 saturated heterocycles. The predicted molar refractivity (Wildman–Crippen MR) is 166 cm³/mol. The lowest BCUT2D eigenvalue weighted by Gasteiger charge is -2.40. The number of rotatable bonds is 10. The first-order valence-corrected chi connectivity index (χ1v) is 15.3. The summed E-state index contributed by atoms with van der Waals surface area (Å²) >= 11 is 12.7. The number of likely N-dealkylation sites (tertiary alicyclic amines) is 2. The molecular formula is C32H42Cl2N4O3. The van der Waals surface area contributed by atoms with Crippen LogP contribution in [0.15, 0.2) is 41.6 Å². The summed E-state index contributed by atoms with van der Waals surface area (Å²) in [7, 11) is 3.33. The van der Waals surface area contributed by atoms with Crippen LogP contribution in [0.4, 0.5) is 0 Å². The quantitative estimate of drug-likeness (QED) is 0.236. The minimum absolute atomic E-state index is 0.0668. The van der Waals surface area contributed by atoms with Crippen molar-refractivity contribution in [3.8, 4) is 0 Å². The molecule has 2 aliphatic heterocycles. The monoisotopic (exact) mass is 600 g/mol. The zero-order chi connectivity index (χ0) is 29.5. The first-order valence-electron chi connectivity index (χ1n) is 14.6. The highest BCUT2D eigenvalue weighted by atomic mass is 35.5. The van der Waals surface area contributed by atoms with Gasteiger partial charge in [0.15, 0.2) is 0 Å². The smallest absolute Gasteiger partial charge is 0.253 e. The van der Waals surface area contributed by atoms with E-state index >= 15 is 0 Å². The lowest BCUT2D eigenvalue weighted by atomic mass is 9.89. The van der Waals surface area contributed by atoms with Crippen molar-refractivity contribution in [3.63, 3.8) is 0 Å². The van der Waals surface area contributed by atoms with Crippen molar-refractivity contribution < 1.29 is 14.4 Å². The third-order valence-corrected chi connectivity index (χ3v) is 9.00. The summed E-state index contributed by atoms with van der Waals surface area (Å²) in [4.78, 5) is 37.4. The van der Waals surface area contributed by atoms with Crippen LogP contribution in [0.2, 0.25) is 10.0 Å². The van der Waals surface area contributed by atoms with E-state index in [0.717, 1.165) is 80.7 Å². The van der Waals surface area contributed by atoms with Crippen molar-refractivity contribution in [2.45, 2.75) is 64.3 Å². The molecule has 2 fully saturated rings. The predicted octanol–water partition coefficient (Wildman–Crippen LogP) is 6.34. The Balaban J connectivity index is 1.48. The Morgan fingerprint density at radius 2 is 1.76 bits per heavy atom. The number of hydrogen-bond acceptors (Lipinski definition) is 5. The van der Waals surface area contributed by atoms with Crippen molar-refractivity contribution in [2.75, 3.05) is 46.9 Å². The first-order chi connectivity index (χ1) is 19.7. The SMILES string of the molecule is CO/N=C(/CN(C)C(=O)c1cc(C)cc(C)c1)C(CCN1CCC(N2CCCCC2=O)CC1)c1ccc(Cl)c(Cl)c1. The Hall–Kier alpha value is -2.61. The van der Waals surface area contributed by atoms with Crippen LogP contribution < -0.4 is 0 Å². The van der Waals surface area contributed by atoms with E-state index in [2.05, 4.69) is 21.0 Å². The zero-order valence-corrected chi connectivity index (χ0v) is 26.2. The second-order valence-corrected chi connectivity index (χ2v) is 12.2. The van der Waals surface area contributed by atoms with Crippen LogP contribution in [0.1, 0.15) is 71.5 Å². The number of halogens is 2. The Morgan fingerprint density at radius 1 is 1.05 bits per heavy atom. The highest BCUT2D eigenvalue weighted by Crippen LogP contribution is 2.31. The molecule has 222 valence electrons. The lowest BCUT2D eigenvalue weighted by Crippen LogP contribution is -2.49. The Bertz CT molecular complexity index is 1240. The number of hydrogen-bond donors (Lipinski definition) is 0. The number of nitrogens with zero attached hydrogens (tertiary/aromatic N) is 4. The molecule has 7 nitrogen and oxygen atoms in total. The number of aryl methyl sites for hydroxylation is 2. The van der Waals surface area contributed by atoms with Gasteiger partial charge in [-0.25, -0.2) is 0 Å². The molecular weight excluding hydrogens is 559 g/mol. The van der Waals surface area contributed by atoms with Crippen LogP contribution >= 0.6 is 23.2 Å². The highest BCUT2D eigenvalue weighted by molar-refractivity contribution is 6.42.